The summed E-state index contributed by atoms with van der Waals surface area (Å²) in [6.07, 6.45) is -1.00. The van der Waals surface area contributed by atoms with Gasteiger partial charge >= 0.3 is 6.43 Å². The van der Waals surface area contributed by atoms with Crippen molar-refractivity contribution >= 4 is 5.78 Å². The van der Waals surface area contributed by atoms with Crippen LogP contribution in [0, 0.1) is 0 Å². The third-order valence-corrected chi connectivity index (χ3v) is 1.98. The summed E-state index contributed by atoms with van der Waals surface area (Å²) in [5, 5.41) is 0. The van der Waals surface area contributed by atoms with Crippen LogP contribution in [0.4, 0.5) is 8.78 Å². The molecule has 0 fully saturated rings. The Kier molecular flexibility index (Phi) is 3.74. The van der Waals surface area contributed by atoms with Gasteiger partial charge in [-0.25, -0.2) is 8.78 Å². The topological polar surface area (TPSA) is 17.1 Å². The Morgan fingerprint density at radius 1 is 1.29 bits per heavy atom. The van der Waals surface area contributed by atoms with Gasteiger partial charge in [-0.1, -0.05) is 37.6 Å². The SMILES string of the molecule is CCCc1ccc(C(=O)C(F)F)cc1. The molecule has 1 aromatic rings. The Bertz CT molecular complexity index is 304. The lowest BCUT2D eigenvalue weighted by atomic mass is 10.1. The summed E-state index contributed by atoms with van der Waals surface area (Å²) >= 11 is 0. The van der Waals surface area contributed by atoms with Crippen molar-refractivity contribution in [2.24, 2.45) is 0 Å². The predicted molar refractivity (Wildman–Crippen MR) is 50.8 cm³/mol. The summed E-state index contributed by atoms with van der Waals surface area (Å²) in [6, 6.07) is 6.36. The van der Waals surface area contributed by atoms with Gasteiger partial charge < -0.3 is 0 Å². The van der Waals surface area contributed by atoms with E-state index in [0.29, 0.717) is 0 Å². The fraction of sp³-hybridized carbons (Fsp3) is 0.364. The molecular weight excluding hydrogens is 186 g/mol. The Morgan fingerprint density at radius 2 is 1.86 bits per heavy atom. The molecule has 0 aliphatic carbocycles. The van der Waals surface area contributed by atoms with Crippen LogP contribution in [0.15, 0.2) is 24.3 Å². The summed E-state index contributed by atoms with van der Waals surface area (Å²) in [6.45, 7) is 2.04. The molecule has 0 aliphatic heterocycles. The molecule has 76 valence electrons. The van der Waals surface area contributed by atoms with E-state index in [1.807, 2.05) is 6.92 Å². The van der Waals surface area contributed by atoms with Crippen molar-refractivity contribution in [3.8, 4) is 0 Å². The fourth-order valence-corrected chi connectivity index (χ4v) is 1.25. The van der Waals surface area contributed by atoms with Crippen LogP contribution in [0.5, 0.6) is 0 Å². The number of hydrogen-bond donors (Lipinski definition) is 0. The third-order valence-electron chi connectivity index (χ3n) is 1.98. The largest absolute Gasteiger partial charge is 0.300 e. The number of benzene rings is 1. The Labute approximate surface area is 81.7 Å². The van der Waals surface area contributed by atoms with Crippen LogP contribution < -0.4 is 0 Å². The quantitative estimate of drug-likeness (QED) is 0.679. The molecule has 0 saturated carbocycles. The minimum Gasteiger partial charge on any atom is -0.288 e. The molecule has 0 spiro atoms. The van der Waals surface area contributed by atoms with Crippen LogP contribution >= 0.6 is 0 Å². The van der Waals surface area contributed by atoms with Crippen molar-refractivity contribution < 1.29 is 13.6 Å². The number of alkyl halides is 2. The smallest absolute Gasteiger partial charge is 0.288 e. The number of carbonyl (C=O) groups is 1. The van der Waals surface area contributed by atoms with Crippen LogP contribution in [0.2, 0.25) is 0 Å². The number of rotatable bonds is 4. The Balaban J connectivity index is 2.78. The van der Waals surface area contributed by atoms with E-state index in [0.717, 1.165) is 18.4 Å². The van der Waals surface area contributed by atoms with Crippen LogP contribution in [-0.4, -0.2) is 12.2 Å². The van der Waals surface area contributed by atoms with Gasteiger partial charge in [0.15, 0.2) is 0 Å². The van der Waals surface area contributed by atoms with Gasteiger partial charge in [0, 0.05) is 5.56 Å². The first kappa shape index (κ1) is 10.8. The highest BCUT2D eigenvalue weighted by molar-refractivity contribution is 5.98. The zero-order valence-electron chi connectivity index (χ0n) is 7.97. The summed E-state index contributed by atoms with van der Waals surface area (Å²) < 4.78 is 24.0. The van der Waals surface area contributed by atoms with Crippen molar-refractivity contribution in [2.45, 2.75) is 26.2 Å². The first-order valence-electron chi connectivity index (χ1n) is 4.56. The van der Waals surface area contributed by atoms with Gasteiger partial charge in [0.05, 0.1) is 0 Å². The minimum absolute atomic E-state index is 0.0832. The first-order valence-corrected chi connectivity index (χ1v) is 4.56. The highest BCUT2D eigenvalue weighted by atomic mass is 19.3. The zero-order chi connectivity index (χ0) is 10.6. The van der Waals surface area contributed by atoms with Gasteiger partial charge in [0.25, 0.3) is 0 Å². The first-order chi connectivity index (χ1) is 6.65. The van der Waals surface area contributed by atoms with Gasteiger partial charge in [-0.05, 0) is 12.0 Å². The molecule has 3 heteroatoms. The lowest BCUT2D eigenvalue weighted by Crippen LogP contribution is -2.09. The number of aryl methyl sites for hydroxylation is 1. The lowest BCUT2D eigenvalue weighted by Gasteiger charge is -2.01. The van der Waals surface area contributed by atoms with E-state index >= 15 is 0 Å². The van der Waals surface area contributed by atoms with Crippen molar-refractivity contribution in [3.63, 3.8) is 0 Å². The molecular formula is C11H12F2O. The van der Waals surface area contributed by atoms with Crippen molar-refractivity contribution in [1.82, 2.24) is 0 Å². The molecule has 14 heavy (non-hydrogen) atoms. The van der Waals surface area contributed by atoms with Gasteiger partial charge in [-0.2, -0.15) is 0 Å². The van der Waals surface area contributed by atoms with Crippen LogP contribution in [0.1, 0.15) is 29.3 Å². The zero-order valence-corrected chi connectivity index (χ0v) is 7.97. The van der Waals surface area contributed by atoms with E-state index in [2.05, 4.69) is 0 Å². The summed E-state index contributed by atoms with van der Waals surface area (Å²) in [4.78, 5) is 10.9. The van der Waals surface area contributed by atoms with Gasteiger partial charge in [-0.3, -0.25) is 4.79 Å². The van der Waals surface area contributed by atoms with Crippen molar-refractivity contribution in [3.05, 3.63) is 35.4 Å². The number of halogens is 2. The molecule has 0 heterocycles. The van der Waals surface area contributed by atoms with E-state index in [9.17, 15) is 13.6 Å². The van der Waals surface area contributed by atoms with Crippen molar-refractivity contribution in [1.29, 1.82) is 0 Å². The highest BCUT2D eigenvalue weighted by Gasteiger charge is 2.16. The molecule has 0 amide bonds. The molecule has 0 aromatic heterocycles. The van der Waals surface area contributed by atoms with Gasteiger partial charge in [-0.15, -0.1) is 0 Å². The van der Waals surface area contributed by atoms with E-state index in [1.165, 1.54) is 12.1 Å². The van der Waals surface area contributed by atoms with E-state index in [4.69, 9.17) is 0 Å². The lowest BCUT2D eigenvalue weighted by molar-refractivity contribution is 0.0679. The van der Waals surface area contributed by atoms with Crippen molar-refractivity contribution in [2.75, 3.05) is 0 Å². The van der Waals surface area contributed by atoms with Gasteiger partial charge in [0.2, 0.25) is 5.78 Å². The maximum absolute atomic E-state index is 12.0. The van der Waals surface area contributed by atoms with Crippen LogP contribution in [-0.2, 0) is 6.42 Å². The predicted octanol–water partition coefficient (Wildman–Crippen LogP) is 3.09. The Morgan fingerprint density at radius 3 is 2.29 bits per heavy atom. The van der Waals surface area contributed by atoms with Crippen LogP contribution in [0.25, 0.3) is 0 Å². The molecule has 0 bridgehead atoms. The standard InChI is InChI=1S/C11H12F2O/c1-2-3-8-4-6-9(7-5-8)10(14)11(12)13/h4-7,11H,2-3H2,1H3. The van der Waals surface area contributed by atoms with E-state index in [-0.39, 0.29) is 5.56 Å². The summed E-state index contributed by atoms with van der Waals surface area (Å²) in [7, 11) is 0. The number of hydrogen-bond acceptors (Lipinski definition) is 1. The second-order valence-corrected chi connectivity index (χ2v) is 3.11. The normalized spacial score (nSPS) is 10.6. The third kappa shape index (κ3) is 2.62. The number of ketones is 1. The molecule has 1 rings (SSSR count). The maximum atomic E-state index is 12.0. The number of Topliss-reactive ketones (excluding diaryl/α,β-unsaturated/α-hetero) is 1. The Hall–Kier alpha value is -1.25. The second-order valence-electron chi connectivity index (χ2n) is 3.11. The monoisotopic (exact) mass is 198 g/mol. The van der Waals surface area contributed by atoms with E-state index < -0.39 is 12.2 Å². The molecule has 1 nitrogen and oxygen atoms in total. The molecule has 0 atom stereocenters. The molecule has 1 aromatic carbocycles. The summed E-state index contributed by atoms with van der Waals surface area (Å²) in [5.74, 6) is -1.10. The fourth-order valence-electron chi connectivity index (χ4n) is 1.25. The molecule has 0 saturated heterocycles. The number of carbonyl (C=O) groups excluding carboxylic acids is 1. The minimum atomic E-state index is -2.91. The molecule has 0 unspecified atom stereocenters. The average Bonchev–Trinajstić information content (AvgIpc) is 2.18. The maximum Gasteiger partial charge on any atom is 0.300 e. The van der Waals surface area contributed by atoms with Crippen LogP contribution in [0.3, 0.4) is 0 Å². The molecule has 0 aliphatic rings. The van der Waals surface area contributed by atoms with E-state index in [1.54, 1.807) is 12.1 Å². The molecule has 0 N–H and O–H groups in total. The average molecular weight is 198 g/mol. The second kappa shape index (κ2) is 4.84. The molecule has 0 radical (unpaired) electrons. The highest BCUT2D eigenvalue weighted by Crippen LogP contribution is 2.10. The summed E-state index contributed by atoms with van der Waals surface area (Å²) in [5.41, 5.74) is 1.15. The van der Waals surface area contributed by atoms with Gasteiger partial charge in [0.1, 0.15) is 0 Å².